The van der Waals surface area contributed by atoms with Gasteiger partial charge < -0.3 is 14.8 Å². The van der Waals surface area contributed by atoms with Crippen LogP contribution in [0.3, 0.4) is 0 Å². The van der Waals surface area contributed by atoms with E-state index in [-0.39, 0.29) is 6.54 Å². The van der Waals surface area contributed by atoms with Gasteiger partial charge in [-0.3, -0.25) is 18.7 Å². The number of anilines is 1. The number of nitrogens with one attached hydrogen (secondary N) is 1. The van der Waals surface area contributed by atoms with Gasteiger partial charge in [0.15, 0.2) is 11.5 Å². The van der Waals surface area contributed by atoms with E-state index in [0.717, 1.165) is 35.8 Å². The molecule has 2 heterocycles. The maximum Gasteiger partial charge on any atom is 0.331 e. The van der Waals surface area contributed by atoms with Crippen molar-refractivity contribution >= 4 is 11.6 Å². The van der Waals surface area contributed by atoms with Gasteiger partial charge in [-0.15, -0.1) is 0 Å². The lowest BCUT2D eigenvalue weighted by atomic mass is 10.2. The Hall–Kier alpha value is -3.81. The van der Waals surface area contributed by atoms with Crippen molar-refractivity contribution in [3.05, 3.63) is 87.2 Å². The molecule has 8 nitrogen and oxygen atoms in total. The molecule has 1 N–H and O–H groups in total. The third-order valence-electron chi connectivity index (χ3n) is 5.82. The van der Waals surface area contributed by atoms with Crippen LogP contribution in [-0.4, -0.2) is 20.8 Å². The number of nitrogens with zero attached hydrogens (tertiary/aromatic N) is 2. The number of hydrogen-bond donors (Lipinski definition) is 1. The number of hydrogen-bond acceptors (Lipinski definition) is 5. The molecule has 8 heteroatoms. The van der Waals surface area contributed by atoms with Crippen LogP contribution in [0.4, 0.5) is 5.69 Å². The van der Waals surface area contributed by atoms with Crippen LogP contribution >= 0.6 is 0 Å². The molecule has 5 rings (SSSR count). The summed E-state index contributed by atoms with van der Waals surface area (Å²) in [5.41, 5.74) is 0.374. The average molecular weight is 433 g/mol. The van der Waals surface area contributed by atoms with E-state index in [1.165, 1.54) is 16.8 Å². The summed E-state index contributed by atoms with van der Waals surface area (Å²) < 4.78 is 14.3. The van der Waals surface area contributed by atoms with Gasteiger partial charge in [0.05, 0.1) is 6.54 Å². The van der Waals surface area contributed by atoms with E-state index in [9.17, 15) is 14.4 Å². The van der Waals surface area contributed by atoms with E-state index >= 15 is 0 Å². The Kier molecular flexibility index (Phi) is 5.05. The molecule has 164 valence electrons. The predicted molar refractivity (Wildman–Crippen MR) is 118 cm³/mol. The molecule has 0 atom stereocenters. The van der Waals surface area contributed by atoms with Crippen LogP contribution < -0.4 is 26.0 Å². The van der Waals surface area contributed by atoms with Crippen molar-refractivity contribution in [3.63, 3.8) is 0 Å². The molecule has 2 aromatic carbocycles. The fourth-order valence-electron chi connectivity index (χ4n) is 4.24. The number of amides is 1. The van der Waals surface area contributed by atoms with Crippen molar-refractivity contribution in [1.29, 1.82) is 0 Å². The highest BCUT2D eigenvalue weighted by atomic mass is 16.7. The second-order valence-corrected chi connectivity index (χ2v) is 8.17. The van der Waals surface area contributed by atoms with Crippen LogP contribution in [0.5, 0.6) is 11.5 Å². The van der Waals surface area contributed by atoms with Gasteiger partial charge in [0.25, 0.3) is 11.3 Å². The Morgan fingerprint density at radius 2 is 1.72 bits per heavy atom. The molecule has 0 saturated heterocycles. The zero-order chi connectivity index (χ0) is 22.1. The quantitative estimate of drug-likeness (QED) is 0.668. The van der Waals surface area contributed by atoms with Gasteiger partial charge in [-0.25, -0.2) is 4.79 Å². The lowest BCUT2D eigenvalue weighted by Crippen LogP contribution is -2.41. The van der Waals surface area contributed by atoms with E-state index < -0.39 is 22.9 Å². The number of aromatic nitrogens is 2. The summed E-state index contributed by atoms with van der Waals surface area (Å²) >= 11 is 0. The first-order valence-electron chi connectivity index (χ1n) is 10.7. The molecule has 1 saturated carbocycles. The fraction of sp³-hybridized carbons (Fsp3) is 0.292. The summed E-state index contributed by atoms with van der Waals surface area (Å²) in [5, 5.41) is 2.74. The highest BCUT2D eigenvalue weighted by Crippen LogP contribution is 2.47. The van der Waals surface area contributed by atoms with Gasteiger partial charge in [-0.05, 0) is 30.5 Å². The molecular formula is C24H23N3O5. The van der Waals surface area contributed by atoms with E-state index in [2.05, 4.69) is 5.32 Å². The monoisotopic (exact) mass is 433 g/mol. The van der Waals surface area contributed by atoms with Gasteiger partial charge in [-0.2, -0.15) is 0 Å². The van der Waals surface area contributed by atoms with E-state index in [1.54, 1.807) is 18.2 Å². The fourth-order valence-corrected chi connectivity index (χ4v) is 4.24. The average Bonchev–Trinajstić information content (AvgIpc) is 3.39. The topological polar surface area (TPSA) is 91.6 Å². The van der Waals surface area contributed by atoms with Crippen LogP contribution in [0.25, 0.3) is 0 Å². The minimum Gasteiger partial charge on any atom is -0.448 e. The van der Waals surface area contributed by atoms with Crippen LogP contribution in [0.15, 0.2) is 70.4 Å². The number of rotatable bonds is 5. The summed E-state index contributed by atoms with van der Waals surface area (Å²) in [6.45, 7) is -0.0723. The van der Waals surface area contributed by atoms with Crippen molar-refractivity contribution in [2.75, 3.05) is 5.32 Å². The van der Waals surface area contributed by atoms with Gasteiger partial charge in [0, 0.05) is 36.9 Å². The summed E-state index contributed by atoms with van der Waals surface area (Å²) in [4.78, 5) is 37.7. The number of ether oxygens (including phenoxy) is 2. The molecule has 0 radical (unpaired) electrons. The van der Waals surface area contributed by atoms with Crippen molar-refractivity contribution in [1.82, 2.24) is 9.13 Å². The van der Waals surface area contributed by atoms with Crippen LogP contribution in [-0.2, 0) is 17.9 Å². The molecule has 1 fully saturated rings. The smallest absolute Gasteiger partial charge is 0.331 e. The molecule has 0 bridgehead atoms. The van der Waals surface area contributed by atoms with E-state index in [1.807, 2.05) is 30.3 Å². The Bertz CT molecular complexity index is 1270. The number of benzene rings is 2. The Balaban J connectivity index is 1.30. The summed E-state index contributed by atoms with van der Waals surface area (Å²) in [6, 6.07) is 15.9. The molecule has 0 unspecified atom stereocenters. The summed E-state index contributed by atoms with van der Waals surface area (Å²) in [5.74, 6) is 0.197. The van der Waals surface area contributed by atoms with Crippen LogP contribution in [0.2, 0.25) is 0 Å². The standard InChI is InChI=1S/C24H23N3O5/c28-21(25-18-8-9-19-20(14-18)32-24(31-19)11-4-5-12-24)16-27-22(29)10-13-26(23(27)30)15-17-6-2-1-3-7-17/h1-3,6-10,13-14H,4-5,11-12,15-16H2,(H,25,28). The molecule has 1 aromatic heterocycles. The van der Waals surface area contributed by atoms with Gasteiger partial charge in [0.1, 0.15) is 6.54 Å². The van der Waals surface area contributed by atoms with Gasteiger partial charge >= 0.3 is 5.69 Å². The second-order valence-electron chi connectivity index (χ2n) is 8.17. The molecule has 1 amide bonds. The zero-order valence-electron chi connectivity index (χ0n) is 17.5. The largest absolute Gasteiger partial charge is 0.448 e. The predicted octanol–water partition coefficient (Wildman–Crippen LogP) is 2.74. The van der Waals surface area contributed by atoms with Gasteiger partial charge in [0.2, 0.25) is 5.91 Å². The third kappa shape index (κ3) is 3.91. The van der Waals surface area contributed by atoms with Crippen molar-refractivity contribution in [2.45, 2.75) is 44.6 Å². The highest BCUT2D eigenvalue weighted by molar-refractivity contribution is 5.91. The Labute approximate surface area is 184 Å². The molecule has 1 spiro atoms. The normalized spacial score (nSPS) is 15.8. The number of fused-ring (bicyclic) bond motifs is 1. The van der Waals surface area contributed by atoms with E-state index in [0.29, 0.717) is 23.7 Å². The van der Waals surface area contributed by atoms with E-state index in [4.69, 9.17) is 9.47 Å². The lowest BCUT2D eigenvalue weighted by molar-refractivity contribution is -0.116. The Morgan fingerprint density at radius 1 is 0.969 bits per heavy atom. The first-order valence-corrected chi connectivity index (χ1v) is 10.7. The first-order chi connectivity index (χ1) is 15.5. The highest BCUT2D eigenvalue weighted by Gasteiger charge is 2.44. The molecule has 3 aromatic rings. The van der Waals surface area contributed by atoms with Crippen molar-refractivity contribution in [2.24, 2.45) is 0 Å². The van der Waals surface area contributed by atoms with Crippen molar-refractivity contribution < 1.29 is 14.3 Å². The molecular weight excluding hydrogens is 410 g/mol. The van der Waals surface area contributed by atoms with Gasteiger partial charge in [-0.1, -0.05) is 30.3 Å². The molecule has 32 heavy (non-hydrogen) atoms. The van der Waals surface area contributed by atoms with Crippen molar-refractivity contribution in [3.8, 4) is 11.5 Å². The second kappa shape index (κ2) is 8.03. The first kappa shape index (κ1) is 20.1. The maximum atomic E-state index is 12.8. The summed E-state index contributed by atoms with van der Waals surface area (Å²) in [6.07, 6.45) is 5.25. The number of carbonyl (C=O) groups is 1. The minimum atomic E-state index is -0.577. The molecule has 1 aliphatic heterocycles. The Morgan fingerprint density at radius 3 is 2.50 bits per heavy atom. The third-order valence-corrected chi connectivity index (χ3v) is 5.82. The minimum absolute atomic E-state index is 0.311. The summed E-state index contributed by atoms with van der Waals surface area (Å²) in [7, 11) is 0. The SMILES string of the molecule is O=C(Cn1c(=O)ccn(Cc2ccccc2)c1=O)Nc1ccc2c(c1)OC1(CCCC1)O2. The van der Waals surface area contributed by atoms with Crippen LogP contribution in [0.1, 0.15) is 31.2 Å². The van der Waals surface area contributed by atoms with Crippen LogP contribution in [0, 0.1) is 0 Å². The lowest BCUT2D eigenvalue weighted by Gasteiger charge is -2.21. The zero-order valence-corrected chi connectivity index (χ0v) is 17.5. The molecule has 1 aliphatic carbocycles. The maximum absolute atomic E-state index is 12.8. The number of carbonyl (C=O) groups excluding carboxylic acids is 1. The molecule has 2 aliphatic rings.